The van der Waals surface area contributed by atoms with Gasteiger partial charge in [-0.2, -0.15) is 0 Å². The number of pyridine rings is 1. The summed E-state index contributed by atoms with van der Waals surface area (Å²) in [6.07, 6.45) is 2.08. The maximum absolute atomic E-state index is 14.2. The highest BCUT2D eigenvalue weighted by Crippen LogP contribution is 2.35. The summed E-state index contributed by atoms with van der Waals surface area (Å²) in [5.41, 5.74) is 0.846. The SMILES string of the molecule is COc1ccc(-c2csc(N[C@H](C(=O)N3CC[C@@H](Oc4ncc(OC)c5ccc(Cl)cc45)C3)C(C)(C)C)n2)cc1F. The van der Waals surface area contributed by atoms with Gasteiger partial charge in [-0.3, -0.25) is 4.79 Å². The number of carbonyl (C=O) groups is 1. The molecule has 1 saturated heterocycles. The van der Waals surface area contributed by atoms with E-state index in [4.69, 9.17) is 25.8 Å². The van der Waals surface area contributed by atoms with Crippen molar-refractivity contribution >= 4 is 44.7 Å². The minimum atomic E-state index is -0.536. The Balaban J connectivity index is 1.29. The molecule has 1 aliphatic rings. The Kier molecular flexibility index (Phi) is 8.24. The van der Waals surface area contributed by atoms with Crippen LogP contribution in [0.2, 0.25) is 5.02 Å². The first-order chi connectivity index (χ1) is 19.6. The van der Waals surface area contributed by atoms with Crippen LogP contribution in [-0.4, -0.2) is 60.2 Å². The lowest BCUT2D eigenvalue weighted by Gasteiger charge is -2.33. The van der Waals surface area contributed by atoms with Crippen molar-refractivity contribution in [2.24, 2.45) is 5.41 Å². The highest BCUT2D eigenvalue weighted by atomic mass is 35.5. The number of halogens is 2. The number of carbonyl (C=O) groups excluding carboxylic acids is 1. The van der Waals surface area contributed by atoms with Gasteiger partial charge in [0.15, 0.2) is 16.7 Å². The second-order valence-corrected chi connectivity index (χ2v) is 12.3. The molecule has 216 valence electrons. The summed E-state index contributed by atoms with van der Waals surface area (Å²) in [7, 11) is 3.02. The van der Waals surface area contributed by atoms with E-state index in [1.165, 1.54) is 24.5 Å². The second kappa shape index (κ2) is 11.7. The zero-order chi connectivity index (χ0) is 29.3. The lowest BCUT2D eigenvalue weighted by molar-refractivity contribution is -0.133. The van der Waals surface area contributed by atoms with Crippen molar-refractivity contribution in [1.29, 1.82) is 0 Å². The smallest absolute Gasteiger partial charge is 0.245 e. The van der Waals surface area contributed by atoms with Crippen LogP contribution in [-0.2, 0) is 4.79 Å². The molecule has 41 heavy (non-hydrogen) atoms. The number of nitrogens with one attached hydrogen (secondary N) is 1. The van der Waals surface area contributed by atoms with Crippen molar-refractivity contribution in [2.75, 3.05) is 32.6 Å². The summed E-state index contributed by atoms with van der Waals surface area (Å²) in [5.74, 6) is 0.772. The van der Waals surface area contributed by atoms with Crippen LogP contribution in [0.1, 0.15) is 27.2 Å². The maximum atomic E-state index is 14.2. The van der Waals surface area contributed by atoms with Gasteiger partial charge in [-0.25, -0.2) is 14.4 Å². The van der Waals surface area contributed by atoms with Crippen molar-refractivity contribution < 1.29 is 23.4 Å². The van der Waals surface area contributed by atoms with E-state index in [0.29, 0.717) is 52.6 Å². The van der Waals surface area contributed by atoms with E-state index in [1.54, 1.807) is 31.5 Å². The van der Waals surface area contributed by atoms with E-state index in [1.807, 2.05) is 43.2 Å². The van der Waals surface area contributed by atoms with E-state index in [9.17, 15) is 9.18 Å². The first-order valence-corrected chi connectivity index (χ1v) is 14.5. The van der Waals surface area contributed by atoms with Crippen molar-refractivity contribution in [3.8, 4) is 28.6 Å². The Morgan fingerprint density at radius 1 is 1.15 bits per heavy atom. The number of anilines is 1. The van der Waals surface area contributed by atoms with Crippen LogP contribution in [0.15, 0.2) is 48.0 Å². The van der Waals surface area contributed by atoms with Gasteiger partial charge in [-0.05, 0) is 41.8 Å². The largest absolute Gasteiger partial charge is 0.494 e. The van der Waals surface area contributed by atoms with E-state index >= 15 is 0 Å². The van der Waals surface area contributed by atoms with E-state index in [-0.39, 0.29) is 17.8 Å². The number of nitrogens with zero attached hydrogens (tertiary/aromatic N) is 3. The number of hydrogen-bond donors (Lipinski definition) is 1. The molecule has 2 aromatic carbocycles. The molecular formula is C30H32ClFN4O4S. The van der Waals surface area contributed by atoms with Crippen LogP contribution in [0.25, 0.3) is 22.0 Å². The molecule has 1 aliphatic heterocycles. The average molecular weight is 599 g/mol. The number of aromatic nitrogens is 2. The Morgan fingerprint density at radius 2 is 1.93 bits per heavy atom. The number of rotatable bonds is 8. The molecule has 4 aromatic rings. The van der Waals surface area contributed by atoms with Gasteiger partial charge in [-0.1, -0.05) is 32.4 Å². The van der Waals surface area contributed by atoms with Crippen molar-refractivity contribution in [2.45, 2.75) is 39.3 Å². The summed E-state index contributed by atoms with van der Waals surface area (Å²) >= 11 is 7.63. The number of benzene rings is 2. The van der Waals surface area contributed by atoms with E-state index in [0.717, 1.165) is 10.8 Å². The van der Waals surface area contributed by atoms with Gasteiger partial charge in [0.25, 0.3) is 0 Å². The highest BCUT2D eigenvalue weighted by Gasteiger charge is 2.38. The second-order valence-electron chi connectivity index (χ2n) is 11.0. The van der Waals surface area contributed by atoms with Crippen molar-refractivity contribution in [3.05, 3.63) is 58.8 Å². The minimum Gasteiger partial charge on any atom is -0.494 e. The third-order valence-electron chi connectivity index (χ3n) is 7.06. The minimum absolute atomic E-state index is 0.0357. The third-order valence-corrected chi connectivity index (χ3v) is 8.07. The van der Waals surface area contributed by atoms with Gasteiger partial charge in [0.2, 0.25) is 11.8 Å². The zero-order valence-electron chi connectivity index (χ0n) is 23.5. The topological polar surface area (TPSA) is 85.8 Å². The Bertz CT molecular complexity index is 1570. The number of methoxy groups -OCH3 is 2. The summed E-state index contributed by atoms with van der Waals surface area (Å²) in [6, 6.07) is 9.67. The molecule has 8 nitrogen and oxygen atoms in total. The van der Waals surface area contributed by atoms with Crippen LogP contribution in [0.5, 0.6) is 17.4 Å². The number of likely N-dealkylation sites (tertiary alicyclic amines) is 1. The molecule has 0 radical (unpaired) electrons. The van der Waals surface area contributed by atoms with Gasteiger partial charge in [0.05, 0.1) is 32.7 Å². The van der Waals surface area contributed by atoms with Crippen LogP contribution < -0.4 is 19.5 Å². The number of thiazole rings is 1. The number of ether oxygens (including phenoxy) is 3. The standard InChI is InChI=1S/C30H32ClFN4O4S/c1-30(2,3)26(35-29-34-23(16-41-29)17-6-9-24(38-4)22(32)12-17)28(37)36-11-10-19(15-36)40-27-21-13-18(31)7-8-20(21)25(39-5)14-33-27/h6-9,12-14,16,19,26H,10-11,15H2,1-5H3,(H,34,35)/t19-,26-/m1/s1. The number of hydrogen-bond acceptors (Lipinski definition) is 8. The molecule has 0 bridgehead atoms. The zero-order valence-corrected chi connectivity index (χ0v) is 25.1. The molecule has 2 atom stereocenters. The first kappa shape index (κ1) is 28.9. The van der Waals surface area contributed by atoms with Crippen LogP contribution >= 0.6 is 22.9 Å². The molecule has 0 unspecified atom stereocenters. The van der Waals surface area contributed by atoms with Crippen LogP contribution in [0.4, 0.5) is 9.52 Å². The first-order valence-electron chi connectivity index (χ1n) is 13.2. The number of fused-ring (bicyclic) bond motifs is 1. The van der Waals surface area contributed by atoms with Gasteiger partial charge in [0.1, 0.15) is 17.9 Å². The van der Waals surface area contributed by atoms with E-state index in [2.05, 4.69) is 15.3 Å². The predicted octanol–water partition coefficient (Wildman–Crippen LogP) is 6.67. The summed E-state index contributed by atoms with van der Waals surface area (Å²) in [6.45, 7) is 7.02. The summed E-state index contributed by atoms with van der Waals surface area (Å²) in [5, 5.41) is 7.95. The average Bonchev–Trinajstić information content (AvgIpc) is 3.61. The molecule has 0 saturated carbocycles. The molecule has 5 rings (SSSR count). The molecule has 0 spiro atoms. The normalized spacial score (nSPS) is 16.1. The fourth-order valence-electron chi connectivity index (χ4n) is 4.86. The van der Waals surface area contributed by atoms with E-state index < -0.39 is 17.3 Å². The summed E-state index contributed by atoms with van der Waals surface area (Å²) < 4.78 is 31.0. The molecule has 1 N–H and O–H groups in total. The predicted molar refractivity (Wildman–Crippen MR) is 160 cm³/mol. The van der Waals surface area contributed by atoms with Gasteiger partial charge in [-0.15, -0.1) is 11.3 Å². The van der Waals surface area contributed by atoms with Gasteiger partial charge >= 0.3 is 0 Å². The van der Waals surface area contributed by atoms with Crippen LogP contribution in [0.3, 0.4) is 0 Å². The lowest BCUT2D eigenvalue weighted by atomic mass is 9.86. The quantitative estimate of drug-likeness (QED) is 0.242. The molecule has 3 heterocycles. The van der Waals surface area contributed by atoms with Crippen molar-refractivity contribution in [3.63, 3.8) is 0 Å². The van der Waals surface area contributed by atoms with Crippen molar-refractivity contribution in [1.82, 2.24) is 14.9 Å². The number of amides is 1. The Labute approximate surface area is 247 Å². The molecular weight excluding hydrogens is 567 g/mol. The maximum Gasteiger partial charge on any atom is 0.245 e. The molecule has 1 fully saturated rings. The fourth-order valence-corrected chi connectivity index (χ4v) is 5.78. The monoisotopic (exact) mass is 598 g/mol. The molecule has 2 aromatic heterocycles. The Morgan fingerprint density at radius 3 is 2.63 bits per heavy atom. The molecule has 11 heteroatoms. The van der Waals surface area contributed by atoms with Gasteiger partial charge < -0.3 is 24.4 Å². The molecule has 0 aliphatic carbocycles. The fraction of sp³-hybridized carbons (Fsp3) is 0.367. The third kappa shape index (κ3) is 6.18. The highest BCUT2D eigenvalue weighted by molar-refractivity contribution is 7.14. The lowest BCUT2D eigenvalue weighted by Crippen LogP contribution is -2.49. The molecule has 1 amide bonds. The Hall–Kier alpha value is -3.63. The van der Waals surface area contributed by atoms with Crippen LogP contribution in [0, 0.1) is 11.2 Å². The summed E-state index contributed by atoms with van der Waals surface area (Å²) in [4.78, 5) is 24.7. The van der Waals surface area contributed by atoms with Gasteiger partial charge in [0, 0.05) is 39.7 Å².